The van der Waals surface area contributed by atoms with Crippen molar-refractivity contribution >= 4 is 24.2 Å². The zero-order chi connectivity index (χ0) is 17.7. The summed E-state index contributed by atoms with van der Waals surface area (Å²) in [5.41, 5.74) is 14.3. The Morgan fingerprint density at radius 2 is 1.56 bits per heavy atom. The maximum atomic E-state index is 12.2. The maximum Gasteiger partial charge on any atom is 0.251 e. The SMILES string of the molecule is CC(C)c1ccc(C(N)CNC(=O)c2cccc(C(N)=O)c2)cc1.Cl. The van der Waals surface area contributed by atoms with Crippen molar-refractivity contribution < 1.29 is 9.59 Å². The molecule has 0 radical (unpaired) electrons. The van der Waals surface area contributed by atoms with E-state index >= 15 is 0 Å². The van der Waals surface area contributed by atoms with Crippen LogP contribution in [-0.2, 0) is 0 Å². The maximum absolute atomic E-state index is 12.2. The van der Waals surface area contributed by atoms with Gasteiger partial charge in [-0.05, 0) is 35.2 Å². The van der Waals surface area contributed by atoms with Gasteiger partial charge in [-0.15, -0.1) is 12.4 Å². The van der Waals surface area contributed by atoms with E-state index in [1.165, 1.54) is 11.6 Å². The number of amides is 2. The summed E-state index contributed by atoms with van der Waals surface area (Å²) in [6.45, 7) is 4.57. The Morgan fingerprint density at radius 1 is 1.00 bits per heavy atom. The predicted octanol–water partition coefficient (Wildman–Crippen LogP) is 2.76. The molecule has 0 bridgehead atoms. The van der Waals surface area contributed by atoms with E-state index in [4.69, 9.17) is 11.5 Å². The number of hydrogen-bond acceptors (Lipinski definition) is 3. The summed E-state index contributed by atoms with van der Waals surface area (Å²) < 4.78 is 0. The Balaban J connectivity index is 0.00000312. The van der Waals surface area contributed by atoms with Crippen molar-refractivity contribution in [2.24, 2.45) is 11.5 Å². The number of nitrogens with one attached hydrogen (secondary N) is 1. The Bertz CT molecular complexity index is 730. The summed E-state index contributed by atoms with van der Waals surface area (Å²) in [4.78, 5) is 23.4. The second kappa shape index (κ2) is 9.20. The number of nitrogens with two attached hydrogens (primary N) is 2. The van der Waals surface area contributed by atoms with Gasteiger partial charge in [0.15, 0.2) is 0 Å². The molecule has 2 aromatic rings. The van der Waals surface area contributed by atoms with Gasteiger partial charge in [0.1, 0.15) is 0 Å². The zero-order valence-electron chi connectivity index (χ0n) is 14.4. The van der Waals surface area contributed by atoms with Crippen molar-refractivity contribution in [1.82, 2.24) is 5.32 Å². The molecule has 0 saturated heterocycles. The third-order valence-corrected chi connectivity index (χ3v) is 3.92. The summed E-state index contributed by atoms with van der Waals surface area (Å²) in [7, 11) is 0. The standard InChI is InChI=1S/C19H23N3O2.ClH/c1-12(2)13-6-8-14(9-7-13)17(20)11-22-19(24)16-5-3-4-15(10-16)18(21)23;/h3-10,12,17H,11,20H2,1-2H3,(H2,21,23)(H,22,24);1H. The van der Waals surface area contributed by atoms with Gasteiger partial charge < -0.3 is 16.8 Å². The van der Waals surface area contributed by atoms with Crippen molar-refractivity contribution in [3.63, 3.8) is 0 Å². The molecule has 2 rings (SSSR count). The van der Waals surface area contributed by atoms with Gasteiger partial charge in [0, 0.05) is 23.7 Å². The molecule has 5 N–H and O–H groups in total. The minimum absolute atomic E-state index is 0. The summed E-state index contributed by atoms with van der Waals surface area (Å²) in [5.74, 6) is -0.383. The lowest BCUT2D eigenvalue weighted by atomic mass is 9.99. The van der Waals surface area contributed by atoms with E-state index in [0.29, 0.717) is 23.6 Å². The van der Waals surface area contributed by atoms with Crippen LogP contribution in [0.25, 0.3) is 0 Å². The number of halogens is 1. The lowest BCUT2D eigenvalue weighted by molar-refractivity contribution is 0.0951. The molecule has 0 aliphatic carbocycles. The third kappa shape index (κ3) is 5.59. The monoisotopic (exact) mass is 361 g/mol. The largest absolute Gasteiger partial charge is 0.366 e. The van der Waals surface area contributed by atoms with Gasteiger partial charge in [0.05, 0.1) is 0 Å². The third-order valence-electron chi connectivity index (χ3n) is 3.92. The normalized spacial score (nSPS) is 11.5. The van der Waals surface area contributed by atoms with E-state index in [2.05, 4.69) is 31.3 Å². The minimum atomic E-state index is -0.563. The van der Waals surface area contributed by atoms with Gasteiger partial charge in [0.2, 0.25) is 5.91 Å². The predicted molar refractivity (Wildman–Crippen MR) is 102 cm³/mol. The van der Waals surface area contributed by atoms with Crippen molar-refractivity contribution in [2.45, 2.75) is 25.8 Å². The lowest BCUT2D eigenvalue weighted by Gasteiger charge is -2.15. The van der Waals surface area contributed by atoms with E-state index in [0.717, 1.165) is 5.56 Å². The van der Waals surface area contributed by atoms with Gasteiger partial charge in [-0.3, -0.25) is 9.59 Å². The quantitative estimate of drug-likeness (QED) is 0.737. The van der Waals surface area contributed by atoms with Crippen molar-refractivity contribution in [3.05, 3.63) is 70.8 Å². The van der Waals surface area contributed by atoms with Crippen LogP contribution in [0.3, 0.4) is 0 Å². The van der Waals surface area contributed by atoms with Gasteiger partial charge in [-0.2, -0.15) is 0 Å². The number of hydrogen-bond donors (Lipinski definition) is 3. The van der Waals surface area contributed by atoms with E-state index in [9.17, 15) is 9.59 Å². The van der Waals surface area contributed by atoms with E-state index in [-0.39, 0.29) is 24.4 Å². The average Bonchev–Trinajstić information content (AvgIpc) is 2.59. The molecule has 0 saturated carbocycles. The first-order valence-corrected chi connectivity index (χ1v) is 7.92. The van der Waals surface area contributed by atoms with Gasteiger partial charge in [-0.25, -0.2) is 0 Å². The van der Waals surface area contributed by atoms with Crippen LogP contribution in [-0.4, -0.2) is 18.4 Å². The molecule has 5 nitrogen and oxygen atoms in total. The highest BCUT2D eigenvalue weighted by Gasteiger charge is 2.11. The molecular weight excluding hydrogens is 338 g/mol. The second-order valence-corrected chi connectivity index (χ2v) is 6.08. The fourth-order valence-corrected chi connectivity index (χ4v) is 2.36. The molecular formula is C19H24ClN3O2. The van der Waals surface area contributed by atoms with Crippen LogP contribution in [0, 0.1) is 0 Å². The number of benzene rings is 2. The van der Waals surface area contributed by atoms with Crippen LogP contribution in [0.15, 0.2) is 48.5 Å². The van der Waals surface area contributed by atoms with E-state index < -0.39 is 5.91 Å². The van der Waals surface area contributed by atoms with Crippen LogP contribution >= 0.6 is 12.4 Å². The molecule has 2 aromatic carbocycles. The molecule has 0 fully saturated rings. The Labute approximate surface area is 154 Å². The molecule has 25 heavy (non-hydrogen) atoms. The highest BCUT2D eigenvalue weighted by atomic mass is 35.5. The highest BCUT2D eigenvalue weighted by molar-refractivity contribution is 5.99. The average molecular weight is 362 g/mol. The van der Waals surface area contributed by atoms with Crippen LogP contribution in [0.5, 0.6) is 0 Å². The van der Waals surface area contributed by atoms with Crippen molar-refractivity contribution in [1.29, 1.82) is 0 Å². The molecule has 0 aromatic heterocycles. The topological polar surface area (TPSA) is 98.2 Å². The van der Waals surface area contributed by atoms with Crippen molar-refractivity contribution in [3.8, 4) is 0 Å². The first kappa shape index (κ1) is 20.7. The zero-order valence-corrected chi connectivity index (χ0v) is 15.2. The van der Waals surface area contributed by atoms with Crippen molar-refractivity contribution in [2.75, 3.05) is 6.54 Å². The first-order valence-electron chi connectivity index (χ1n) is 7.92. The first-order chi connectivity index (χ1) is 11.4. The van der Waals surface area contributed by atoms with Crippen LogP contribution < -0.4 is 16.8 Å². The number of carbonyl (C=O) groups excluding carboxylic acids is 2. The minimum Gasteiger partial charge on any atom is -0.366 e. The molecule has 6 heteroatoms. The van der Waals surface area contributed by atoms with Crippen LogP contribution in [0.2, 0.25) is 0 Å². The van der Waals surface area contributed by atoms with Gasteiger partial charge in [0.25, 0.3) is 5.91 Å². The molecule has 1 unspecified atom stereocenters. The fourth-order valence-electron chi connectivity index (χ4n) is 2.36. The number of carbonyl (C=O) groups is 2. The summed E-state index contributed by atoms with van der Waals surface area (Å²) in [6, 6.07) is 14.1. The number of rotatable bonds is 6. The summed E-state index contributed by atoms with van der Waals surface area (Å²) >= 11 is 0. The molecule has 0 spiro atoms. The Kier molecular flexibility index (Phi) is 7.61. The smallest absolute Gasteiger partial charge is 0.251 e. The molecule has 1 atom stereocenters. The van der Waals surface area contributed by atoms with Gasteiger partial charge >= 0.3 is 0 Å². The lowest BCUT2D eigenvalue weighted by Crippen LogP contribution is -2.32. The van der Waals surface area contributed by atoms with Crippen LogP contribution in [0.1, 0.15) is 57.7 Å². The highest BCUT2D eigenvalue weighted by Crippen LogP contribution is 2.17. The molecule has 0 aliphatic heterocycles. The fraction of sp³-hybridized carbons (Fsp3) is 0.263. The van der Waals surface area contributed by atoms with E-state index in [1.807, 2.05) is 12.1 Å². The van der Waals surface area contributed by atoms with E-state index in [1.54, 1.807) is 18.2 Å². The van der Waals surface area contributed by atoms with Crippen LogP contribution in [0.4, 0.5) is 0 Å². The second-order valence-electron chi connectivity index (χ2n) is 6.08. The van der Waals surface area contributed by atoms with Gasteiger partial charge in [-0.1, -0.05) is 44.2 Å². The summed E-state index contributed by atoms with van der Waals surface area (Å²) in [6.07, 6.45) is 0. The molecule has 134 valence electrons. The summed E-state index contributed by atoms with van der Waals surface area (Å²) in [5, 5.41) is 2.78. The molecule has 2 amide bonds. The molecule has 0 aliphatic rings. The molecule has 0 heterocycles. The Hall–Kier alpha value is -2.37. The number of primary amides is 1. The Morgan fingerprint density at radius 3 is 2.12 bits per heavy atom.